The molecule has 1 aliphatic carbocycles. The molecule has 0 unspecified atom stereocenters. The molecule has 0 aromatic rings. The summed E-state index contributed by atoms with van der Waals surface area (Å²) in [5.41, 5.74) is 5.47. The second-order valence-corrected chi connectivity index (χ2v) is 5.26. The molecule has 86 valence electrons. The summed E-state index contributed by atoms with van der Waals surface area (Å²) in [7, 11) is 0. The van der Waals surface area contributed by atoms with Gasteiger partial charge in [-0.15, -0.1) is 0 Å². The van der Waals surface area contributed by atoms with Crippen LogP contribution < -0.4 is 11.1 Å². The van der Waals surface area contributed by atoms with Gasteiger partial charge in [-0.25, -0.2) is 0 Å². The van der Waals surface area contributed by atoms with Crippen LogP contribution in [0.2, 0.25) is 0 Å². The topological polar surface area (TPSA) is 64.4 Å². The molecule has 1 amide bonds. The molecule has 2 fully saturated rings. The normalized spacial score (nSPS) is 27.1. The molecule has 1 saturated heterocycles. The van der Waals surface area contributed by atoms with Crippen LogP contribution in [0.4, 0.5) is 0 Å². The van der Waals surface area contributed by atoms with Gasteiger partial charge in [-0.3, -0.25) is 4.79 Å². The van der Waals surface area contributed by atoms with E-state index in [9.17, 15) is 4.79 Å². The highest BCUT2D eigenvalue weighted by atomic mass is 16.5. The molecule has 3 N–H and O–H groups in total. The molecule has 0 aromatic heterocycles. The van der Waals surface area contributed by atoms with E-state index < -0.39 is 5.54 Å². The molecule has 4 nitrogen and oxygen atoms in total. The fourth-order valence-electron chi connectivity index (χ4n) is 1.87. The summed E-state index contributed by atoms with van der Waals surface area (Å²) in [5, 5.41) is 2.98. The average molecular weight is 212 g/mol. The Kier molecular flexibility index (Phi) is 2.73. The van der Waals surface area contributed by atoms with Crippen molar-refractivity contribution in [2.75, 3.05) is 19.8 Å². The summed E-state index contributed by atoms with van der Waals surface area (Å²) < 4.78 is 5.31. The van der Waals surface area contributed by atoms with E-state index in [1.54, 1.807) is 0 Å². The Morgan fingerprint density at radius 2 is 1.93 bits per heavy atom. The highest BCUT2D eigenvalue weighted by Crippen LogP contribution is 2.33. The van der Waals surface area contributed by atoms with Crippen molar-refractivity contribution in [3.63, 3.8) is 0 Å². The second-order valence-electron chi connectivity index (χ2n) is 5.26. The van der Waals surface area contributed by atoms with Crippen molar-refractivity contribution in [2.45, 2.75) is 38.1 Å². The number of ether oxygens (including phenoxy) is 1. The third kappa shape index (κ3) is 2.49. The van der Waals surface area contributed by atoms with Gasteiger partial charge in [0.25, 0.3) is 0 Å². The number of carbonyl (C=O) groups excluding carboxylic acids is 1. The molecule has 15 heavy (non-hydrogen) atoms. The Bertz CT molecular complexity index is 255. The van der Waals surface area contributed by atoms with Crippen LogP contribution in [-0.4, -0.2) is 31.2 Å². The SMILES string of the molecule is CC1(CNC(=O)C2(N)CC2)CCOCC1. The minimum absolute atomic E-state index is 0.0233. The summed E-state index contributed by atoms with van der Waals surface area (Å²) in [4.78, 5) is 11.6. The number of carbonyl (C=O) groups is 1. The molecule has 4 heteroatoms. The smallest absolute Gasteiger partial charge is 0.240 e. The van der Waals surface area contributed by atoms with E-state index in [1.165, 1.54) is 0 Å². The van der Waals surface area contributed by atoms with Gasteiger partial charge in [-0.2, -0.15) is 0 Å². The van der Waals surface area contributed by atoms with E-state index in [4.69, 9.17) is 10.5 Å². The second kappa shape index (κ2) is 3.76. The van der Waals surface area contributed by atoms with Gasteiger partial charge < -0.3 is 15.8 Å². The molecule has 1 saturated carbocycles. The molecular formula is C11H20N2O2. The molecule has 2 aliphatic rings. The van der Waals surface area contributed by atoms with Crippen LogP contribution in [0.1, 0.15) is 32.6 Å². The summed E-state index contributed by atoms with van der Waals surface area (Å²) in [5.74, 6) is 0.0233. The van der Waals surface area contributed by atoms with Crippen molar-refractivity contribution in [3.8, 4) is 0 Å². The van der Waals surface area contributed by atoms with E-state index in [0.717, 1.165) is 45.4 Å². The zero-order valence-electron chi connectivity index (χ0n) is 9.34. The summed E-state index contributed by atoms with van der Waals surface area (Å²) in [6.07, 6.45) is 3.70. The number of nitrogens with one attached hydrogen (secondary N) is 1. The van der Waals surface area contributed by atoms with Gasteiger partial charge in [0.05, 0.1) is 5.54 Å². The predicted molar refractivity (Wildman–Crippen MR) is 57.3 cm³/mol. The maximum absolute atomic E-state index is 11.6. The van der Waals surface area contributed by atoms with Crippen molar-refractivity contribution in [1.82, 2.24) is 5.32 Å². The maximum atomic E-state index is 11.6. The molecule has 1 heterocycles. The van der Waals surface area contributed by atoms with Crippen molar-refractivity contribution in [2.24, 2.45) is 11.1 Å². The van der Waals surface area contributed by atoms with Gasteiger partial charge >= 0.3 is 0 Å². The quantitative estimate of drug-likeness (QED) is 0.712. The van der Waals surface area contributed by atoms with E-state index in [2.05, 4.69) is 12.2 Å². The standard InChI is InChI=1S/C11H20N2O2/c1-10(4-6-15-7-5-10)8-13-9(14)11(12)2-3-11/h2-8,12H2,1H3,(H,13,14). The summed E-state index contributed by atoms with van der Waals surface area (Å²) >= 11 is 0. The minimum Gasteiger partial charge on any atom is -0.381 e. The van der Waals surface area contributed by atoms with Crippen LogP contribution in [0.25, 0.3) is 0 Å². The highest BCUT2D eigenvalue weighted by Gasteiger charge is 2.46. The first kappa shape index (κ1) is 10.9. The monoisotopic (exact) mass is 212 g/mol. The van der Waals surface area contributed by atoms with E-state index in [0.29, 0.717) is 0 Å². The summed E-state index contributed by atoms with van der Waals surface area (Å²) in [6.45, 7) is 4.54. The molecule has 0 radical (unpaired) electrons. The van der Waals surface area contributed by atoms with E-state index in [1.807, 2.05) is 0 Å². The number of hydrogen-bond donors (Lipinski definition) is 2. The van der Waals surface area contributed by atoms with E-state index in [-0.39, 0.29) is 11.3 Å². The molecule has 1 aliphatic heterocycles. The van der Waals surface area contributed by atoms with Crippen LogP contribution in [-0.2, 0) is 9.53 Å². The van der Waals surface area contributed by atoms with Crippen molar-refractivity contribution in [3.05, 3.63) is 0 Å². The lowest BCUT2D eigenvalue weighted by atomic mass is 9.82. The first-order chi connectivity index (χ1) is 7.04. The Hall–Kier alpha value is -0.610. The molecule has 0 aromatic carbocycles. The van der Waals surface area contributed by atoms with Gasteiger partial charge in [0.1, 0.15) is 0 Å². The third-order valence-corrected chi connectivity index (χ3v) is 3.62. The molecular weight excluding hydrogens is 192 g/mol. The van der Waals surface area contributed by atoms with Gasteiger partial charge in [-0.05, 0) is 31.1 Å². The Balaban J connectivity index is 1.79. The number of nitrogens with two attached hydrogens (primary N) is 1. The van der Waals surface area contributed by atoms with Crippen LogP contribution in [0.3, 0.4) is 0 Å². The summed E-state index contributed by atoms with van der Waals surface area (Å²) in [6, 6.07) is 0. The fourth-order valence-corrected chi connectivity index (χ4v) is 1.87. The lowest BCUT2D eigenvalue weighted by Crippen LogP contribution is -2.47. The number of rotatable bonds is 3. The van der Waals surface area contributed by atoms with Gasteiger partial charge in [0.2, 0.25) is 5.91 Å². The average Bonchev–Trinajstić information content (AvgIpc) is 2.96. The predicted octanol–water partition coefficient (Wildman–Crippen LogP) is 0.411. The molecule has 0 atom stereocenters. The number of hydrogen-bond acceptors (Lipinski definition) is 3. The lowest BCUT2D eigenvalue weighted by molar-refractivity contribution is -0.124. The maximum Gasteiger partial charge on any atom is 0.240 e. The van der Waals surface area contributed by atoms with Crippen molar-refractivity contribution < 1.29 is 9.53 Å². The van der Waals surface area contributed by atoms with Gasteiger partial charge in [-0.1, -0.05) is 6.92 Å². The Morgan fingerprint density at radius 1 is 1.33 bits per heavy atom. The van der Waals surface area contributed by atoms with Crippen LogP contribution >= 0.6 is 0 Å². The minimum atomic E-state index is -0.540. The zero-order valence-corrected chi connectivity index (χ0v) is 9.34. The van der Waals surface area contributed by atoms with Crippen molar-refractivity contribution in [1.29, 1.82) is 0 Å². The third-order valence-electron chi connectivity index (χ3n) is 3.62. The fraction of sp³-hybridized carbons (Fsp3) is 0.909. The zero-order chi connectivity index (χ0) is 10.9. The van der Waals surface area contributed by atoms with E-state index >= 15 is 0 Å². The molecule has 0 bridgehead atoms. The molecule has 2 rings (SSSR count). The molecule has 0 spiro atoms. The van der Waals surface area contributed by atoms with Crippen LogP contribution in [0.15, 0.2) is 0 Å². The van der Waals surface area contributed by atoms with Crippen molar-refractivity contribution >= 4 is 5.91 Å². The van der Waals surface area contributed by atoms with Crippen LogP contribution in [0.5, 0.6) is 0 Å². The number of amides is 1. The lowest BCUT2D eigenvalue weighted by Gasteiger charge is -2.33. The first-order valence-electron chi connectivity index (χ1n) is 5.69. The Morgan fingerprint density at radius 3 is 2.47 bits per heavy atom. The van der Waals surface area contributed by atoms with Gasteiger partial charge in [0.15, 0.2) is 0 Å². The largest absolute Gasteiger partial charge is 0.381 e. The Labute approximate surface area is 90.5 Å². The highest BCUT2D eigenvalue weighted by molar-refractivity contribution is 5.88. The van der Waals surface area contributed by atoms with Gasteiger partial charge in [0, 0.05) is 19.8 Å². The first-order valence-corrected chi connectivity index (χ1v) is 5.69. The van der Waals surface area contributed by atoms with Crippen LogP contribution in [0, 0.1) is 5.41 Å².